The smallest absolute Gasteiger partial charge is 0.419 e. The normalized spacial score (nSPS) is 12.9. The van der Waals surface area contributed by atoms with E-state index in [4.69, 9.17) is 9.47 Å². The minimum Gasteiger partial charge on any atom is -0.493 e. The van der Waals surface area contributed by atoms with Crippen molar-refractivity contribution in [1.82, 2.24) is 10.2 Å². The highest BCUT2D eigenvalue weighted by atomic mass is 32.1. The molecule has 1 aromatic heterocycles. The van der Waals surface area contributed by atoms with E-state index < -0.39 is 11.7 Å². The van der Waals surface area contributed by atoms with Crippen molar-refractivity contribution < 1.29 is 27.8 Å². The van der Waals surface area contributed by atoms with Gasteiger partial charge < -0.3 is 14.6 Å². The third-order valence-electron chi connectivity index (χ3n) is 4.06. The van der Waals surface area contributed by atoms with Gasteiger partial charge in [0, 0.05) is 24.7 Å². The zero-order chi connectivity index (χ0) is 20.6. The van der Waals surface area contributed by atoms with Gasteiger partial charge in [-0.1, -0.05) is 18.3 Å². The summed E-state index contributed by atoms with van der Waals surface area (Å²) in [5, 5.41) is 18.1. The maximum Gasteiger partial charge on any atom is 0.419 e. The molecule has 2 rings (SSSR count). The molecule has 0 saturated heterocycles. The summed E-state index contributed by atoms with van der Waals surface area (Å²) >= 11 is 1.17. The lowest BCUT2D eigenvalue weighted by Gasteiger charge is -2.15. The Bertz CT molecular complexity index is 737. The van der Waals surface area contributed by atoms with Crippen LogP contribution in [0.1, 0.15) is 49.6 Å². The molecule has 28 heavy (non-hydrogen) atoms. The lowest BCUT2D eigenvalue weighted by Crippen LogP contribution is -2.10. The van der Waals surface area contributed by atoms with E-state index in [1.807, 2.05) is 6.92 Å². The molecule has 0 aliphatic rings. The predicted octanol–water partition coefficient (Wildman–Crippen LogP) is 4.91. The van der Waals surface area contributed by atoms with Crippen molar-refractivity contribution in [3.8, 4) is 16.3 Å². The molecule has 0 aliphatic carbocycles. The standard InChI is InChI=1S/C19H25F3N2O3S/c1-3-26-9-5-4-6-10-27-16-8-7-14(11-15(16)19(20,21)22)18-24-23-17(28-18)13(2)12-25/h7-8,11,13,25H,3-6,9-10,12H2,1-2H3/t13-/m1/s1. The first-order chi connectivity index (χ1) is 13.4. The van der Waals surface area contributed by atoms with Crippen molar-refractivity contribution in [3.05, 3.63) is 28.8 Å². The van der Waals surface area contributed by atoms with Crippen LogP contribution in [0.3, 0.4) is 0 Å². The summed E-state index contributed by atoms with van der Waals surface area (Å²) in [7, 11) is 0. The van der Waals surface area contributed by atoms with Crippen molar-refractivity contribution in [2.75, 3.05) is 26.4 Å². The molecule has 2 aromatic rings. The third-order valence-corrected chi connectivity index (χ3v) is 5.27. The topological polar surface area (TPSA) is 64.5 Å². The molecule has 5 nitrogen and oxygen atoms in total. The minimum absolute atomic E-state index is 0.0974. The quantitative estimate of drug-likeness (QED) is 0.526. The highest BCUT2D eigenvalue weighted by Gasteiger charge is 2.35. The lowest BCUT2D eigenvalue weighted by molar-refractivity contribution is -0.138. The van der Waals surface area contributed by atoms with Gasteiger partial charge >= 0.3 is 6.18 Å². The molecule has 0 fully saturated rings. The average molecular weight is 418 g/mol. The predicted molar refractivity (Wildman–Crippen MR) is 102 cm³/mol. The van der Waals surface area contributed by atoms with Crippen LogP contribution >= 0.6 is 11.3 Å². The molecular formula is C19H25F3N2O3S. The van der Waals surface area contributed by atoms with Gasteiger partial charge in [0.2, 0.25) is 0 Å². The Hall–Kier alpha value is -1.71. The van der Waals surface area contributed by atoms with E-state index in [0.29, 0.717) is 35.2 Å². The molecule has 0 amide bonds. The second-order valence-electron chi connectivity index (χ2n) is 6.34. The maximum atomic E-state index is 13.5. The van der Waals surface area contributed by atoms with Crippen LogP contribution in [-0.2, 0) is 10.9 Å². The molecule has 0 radical (unpaired) electrons. The van der Waals surface area contributed by atoms with Crippen LogP contribution in [0.25, 0.3) is 10.6 Å². The molecule has 1 heterocycles. The Kier molecular flexibility index (Phi) is 8.65. The highest BCUT2D eigenvalue weighted by Crippen LogP contribution is 2.39. The van der Waals surface area contributed by atoms with Crippen LogP contribution in [0.4, 0.5) is 13.2 Å². The molecule has 1 N–H and O–H groups in total. The van der Waals surface area contributed by atoms with Crippen molar-refractivity contribution >= 4 is 11.3 Å². The van der Waals surface area contributed by atoms with E-state index in [9.17, 15) is 18.3 Å². The molecule has 1 aromatic carbocycles. The fourth-order valence-electron chi connectivity index (χ4n) is 2.45. The zero-order valence-electron chi connectivity index (χ0n) is 16.0. The number of alkyl halides is 3. The molecule has 156 valence electrons. The molecular weight excluding hydrogens is 393 g/mol. The first-order valence-corrected chi connectivity index (χ1v) is 10.0. The second-order valence-corrected chi connectivity index (χ2v) is 7.35. The summed E-state index contributed by atoms with van der Waals surface area (Å²) in [5.74, 6) is -0.395. The van der Waals surface area contributed by atoms with Gasteiger partial charge in [-0.25, -0.2) is 0 Å². The first-order valence-electron chi connectivity index (χ1n) is 9.23. The summed E-state index contributed by atoms with van der Waals surface area (Å²) in [5.41, 5.74) is -0.503. The number of aliphatic hydroxyl groups excluding tert-OH is 1. The first kappa shape index (κ1) is 22.6. The highest BCUT2D eigenvalue weighted by molar-refractivity contribution is 7.14. The molecule has 0 aliphatic heterocycles. The van der Waals surface area contributed by atoms with Gasteiger partial charge in [-0.15, -0.1) is 10.2 Å². The number of hydrogen-bond donors (Lipinski definition) is 1. The Morgan fingerprint density at radius 2 is 1.89 bits per heavy atom. The Morgan fingerprint density at radius 3 is 2.57 bits per heavy atom. The fraction of sp³-hybridized carbons (Fsp3) is 0.579. The molecule has 1 atom stereocenters. The van der Waals surface area contributed by atoms with E-state index in [2.05, 4.69) is 10.2 Å². The van der Waals surface area contributed by atoms with E-state index in [1.165, 1.54) is 17.4 Å². The summed E-state index contributed by atoms with van der Waals surface area (Å²) in [6.07, 6.45) is -2.19. The fourth-order valence-corrected chi connectivity index (χ4v) is 3.33. The minimum atomic E-state index is -4.54. The van der Waals surface area contributed by atoms with Crippen molar-refractivity contribution in [2.45, 2.75) is 45.2 Å². The Morgan fingerprint density at radius 1 is 1.14 bits per heavy atom. The molecule has 0 bridgehead atoms. The SMILES string of the molecule is CCOCCCCCOc1ccc(-c2nnc([C@H](C)CO)s2)cc1C(F)(F)F. The van der Waals surface area contributed by atoms with E-state index >= 15 is 0 Å². The number of nitrogens with zero attached hydrogens (tertiary/aromatic N) is 2. The zero-order valence-corrected chi connectivity index (χ0v) is 16.8. The van der Waals surface area contributed by atoms with E-state index in [-0.39, 0.29) is 24.9 Å². The monoisotopic (exact) mass is 418 g/mol. The van der Waals surface area contributed by atoms with Gasteiger partial charge in [0.1, 0.15) is 15.8 Å². The Balaban J connectivity index is 2.08. The van der Waals surface area contributed by atoms with Gasteiger partial charge in [-0.05, 0) is 44.4 Å². The largest absolute Gasteiger partial charge is 0.493 e. The average Bonchev–Trinajstić information content (AvgIpc) is 3.16. The number of rotatable bonds is 11. The van der Waals surface area contributed by atoms with E-state index in [1.54, 1.807) is 13.0 Å². The van der Waals surface area contributed by atoms with Gasteiger partial charge in [0.25, 0.3) is 0 Å². The molecule has 0 spiro atoms. The summed E-state index contributed by atoms with van der Waals surface area (Å²) in [6.45, 7) is 5.12. The number of unbranched alkanes of at least 4 members (excludes halogenated alkanes) is 2. The summed E-state index contributed by atoms with van der Waals surface area (Å²) < 4.78 is 51.1. The van der Waals surface area contributed by atoms with Crippen LogP contribution in [-0.4, -0.2) is 41.7 Å². The lowest BCUT2D eigenvalue weighted by atomic mass is 10.1. The molecule has 0 unspecified atom stereocenters. The van der Waals surface area contributed by atoms with Gasteiger partial charge in [-0.3, -0.25) is 0 Å². The second kappa shape index (κ2) is 10.7. The number of ether oxygens (including phenoxy) is 2. The number of benzene rings is 1. The van der Waals surface area contributed by atoms with Crippen LogP contribution in [0.5, 0.6) is 5.75 Å². The third kappa shape index (κ3) is 6.42. The van der Waals surface area contributed by atoms with E-state index in [0.717, 1.165) is 18.9 Å². The van der Waals surface area contributed by atoms with Crippen LogP contribution in [0, 0.1) is 0 Å². The van der Waals surface area contributed by atoms with Crippen LogP contribution in [0.15, 0.2) is 18.2 Å². The summed E-state index contributed by atoms with van der Waals surface area (Å²) in [4.78, 5) is 0. The summed E-state index contributed by atoms with van der Waals surface area (Å²) in [6, 6.07) is 3.92. The van der Waals surface area contributed by atoms with Crippen molar-refractivity contribution in [1.29, 1.82) is 0 Å². The number of aromatic nitrogens is 2. The van der Waals surface area contributed by atoms with Crippen molar-refractivity contribution in [3.63, 3.8) is 0 Å². The van der Waals surface area contributed by atoms with Crippen LogP contribution in [0.2, 0.25) is 0 Å². The van der Waals surface area contributed by atoms with Gasteiger partial charge in [0.15, 0.2) is 0 Å². The molecule has 9 heteroatoms. The maximum absolute atomic E-state index is 13.5. The van der Waals surface area contributed by atoms with Crippen molar-refractivity contribution in [2.24, 2.45) is 0 Å². The van der Waals surface area contributed by atoms with Crippen LogP contribution < -0.4 is 4.74 Å². The molecule has 0 saturated carbocycles. The Labute approximate surface area is 166 Å². The number of halogens is 3. The van der Waals surface area contributed by atoms with Gasteiger partial charge in [0.05, 0.1) is 18.8 Å². The van der Waals surface area contributed by atoms with Gasteiger partial charge in [-0.2, -0.15) is 13.2 Å². The number of aliphatic hydroxyl groups is 1. The number of hydrogen-bond acceptors (Lipinski definition) is 6.